The van der Waals surface area contributed by atoms with Gasteiger partial charge in [-0.3, -0.25) is 4.79 Å². The first kappa shape index (κ1) is 12.4. The van der Waals surface area contributed by atoms with E-state index >= 15 is 0 Å². The quantitative estimate of drug-likeness (QED) is 0.793. The minimum absolute atomic E-state index is 0.0170. The lowest BCUT2D eigenvalue weighted by Crippen LogP contribution is -2.25. The summed E-state index contributed by atoms with van der Waals surface area (Å²) >= 11 is 0. The molecule has 8 nitrogen and oxygen atoms in total. The summed E-state index contributed by atoms with van der Waals surface area (Å²) in [6.45, 7) is 0.324. The van der Waals surface area contributed by atoms with Gasteiger partial charge in [0.15, 0.2) is 6.61 Å². The van der Waals surface area contributed by atoms with Gasteiger partial charge in [-0.25, -0.2) is 4.79 Å². The molecule has 1 aromatic carbocycles. The van der Waals surface area contributed by atoms with Gasteiger partial charge in [-0.05, 0) is 18.2 Å². The highest BCUT2D eigenvalue weighted by molar-refractivity contribution is 5.95. The van der Waals surface area contributed by atoms with E-state index in [4.69, 9.17) is 14.9 Å². The van der Waals surface area contributed by atoms with E-state index in [1.165, 1.54) is 0 Å². The summed E-state index contributed by atoms with van der Waals surface area (Å²) in [7, 11) is 0. The minimum atomic E-state index is -0.601. The number of rotatable bonds is 3. The lowest BCUT2D eigenvalue weighted by molar-refractivity contribution is -0.118. The number of ether oxygens (including phenoxy) is 1. The summed E-state index contributed by atoms with van der Waals surface area (Å²) in [5, 5.41) is 6.71. The summed E-state index contributed by atoms with van der Waals surface area (Å²) in [5.41, 5.74) is 6.36. The Morgan fingerprint density at radius 3 is 3.05 bits per heavy atom. The molecule has 3 N–H and O–H groups in total. The van der Waals surface area contributed by atoms with E-state index in [2.05, 4.69) is 10.4 Å². The standard InChI is InChI=1S/C12H12N4O4/c13-4-3-11-15-16(12(18)20-11)7-1-2-9-8(5-7)14-10(17)6-19-9/h1-2,5H,3-4,6,13H2,(H,14,17). The highest BCUT2D eigenvalue weighted by Gasteiger charge is 2.18. The summed E-state index contributed by atoms with van der Waals surface area (Å²) in [5.74, 6) is -0.0231. The number of nitrogens with one attached hydrogen (secondary N) is 1. The number of nitrogens with zero attached hydrogens (tertiary/aromatic N) is 2. The number of hydrogen-bond donors (Lipinski definition) is 2. The average Bonchev–Trinajstić information content (AvgIpc) is 2.79. The Kier molecular flexibility index (Phi) is 2.99. The van der Waals surface area contributed by atoms with Crippen molar-refractivity contribution in [2.24, 2.45) is 5.73 Å². The lowest BCUT2D eigenvalue weighted by atomic mass is 10.2. The van der Waals surface area contributed by atoms with Crippen molar-refractivity contribution in [3.05, 3.63) is 34.6 Å². The normalized spacial score (nSPS) is 13.6. The molecule has 0 unspecified atom stereocenters. The van der Waals surface area contributed by atoms with Crippen molar-refractivity contribution in [2.45, 2.75) is 6.42 Å². The van der Waals surface area contributed by atoms with E-state index in [0.29, 0.717) is 30.1 Å². The molecule has 2 heterocycles. The Hall–Kier alpha value is -2.61. The predicted molar refractivity (Wildman–Crippen MR) is 69.0 cm³/mol. The molecule has 20 heavy (non-hydrogen) atoms. The largest absolute Gasteiger partial charge is 0.482 e. The summed E-state index contributed by atoms with van der Waals surface area (Å²) < 4.78 is 11.3. The van der Waals surface area contributed by atoms with Crippen molar-refractivity contribution in [1.82, 2.24) is 9.78 Å². The lowest BCUT2D eigenvalue weighted by Gasteiger charge is -2.18. The van der Waals surface area contributed by atoms with Crippen LogP contribution in [0.3, 0.4) is 0 Å². The highest BCUT2D eigenvalue weighted by atomic mass is 16.5. The number of hydrogen-bond acceptors (Lipinski definition) is 6. The molecule has 0 saturated carbocycles. The zero-order valence-electron chi connectivity index (χ0n) is 10.5. The van der Waals surface area contributed by atoms with E-state index in [9.17, 15) is 9.59 Å². The zero-order valence-corrected chi connectivity index (χ0v) is 10.5. The first-order chi connectivity index (χ1) is 9.67. The number of amides is 1. The van der Waals surface area contributed by atoms with Crippen LogP contribution in [0.5, 0.6) is 5.75 Å². The second-order valence-corrected chi connectivity index (χ2v) is 4.23. The van der Waals surface area contributed by atoms with Crippen LogP contribution in [0.15, 0.2) is 27.4 Å². The van der Waals surface area contributed by atoms with E-state index < -0.39 is 5.76 Å². The summed E-state index contributed by atoms with van der Waals surface area (Å²) in [4.78, 5) is 23.0. The van der Waals surface area contributed by atoms with E-state index in [1.807, 2.05) is 0 Å². The fraction of sp³-hybridized carbons (Fsp3) is 0.250. The number of carbonyl (C=O) groups excluding carboxylic acids is 1. The van der Waals surface area contributed by atoms with Gasteiger partial charge in [0.1, 0.15) is 5.75 Å². The second-order valence-electron chi connectivity index (χ2n) is 4.23. The van der Waals surface area contributed by atoms with Crippen molar-refractivity contribution >= 4 is 11.6 Å². The van der Waals surface area contributed by atoms with E-state index in [1.54, 1.807) is 18.2 Å². The Labute approximate surface area is 113 Å². The van der Waals surface area contributed by atoms with Crippen molar-refractivity contribution in [2.75, 3.05) is 18.5 Å². The van der Waals surface area contributed by atoms with Gasteiger partial charge in [0.05, 0.1) is 11.4 Å². The molecule has 1 aromatic heterocycles. The van der Waals surface area contributed by atoms with Crippen LogP contribution in [0.25, 0.3) is 5.69 Å². The molecule has 0 saturated heterocycles. The fourth-order valence-corrected chi connectivity index (χ4v) is 1.91. The molecular formula is C12H12N4O4. The molecule has 1 aliphatic rings. The smallest absolute Gasteiger partial charge is 0.441 e. The molecule has 0 aliphatic carbocycles. The van der Waals surface area contributed by atoms with Gasteiger partial charge >= 0.3 is 5.76 Å². The average molecular weight is 276 g/mol. The van der Waals surface area contributed by atoms with E-state index in [-0.39, 0.29) is 18.4 Å². The Bertz CT molecular complexity index is 718. The maximum absolute atomic E-state index is 11.7. The van der Waals surface area contributed by atoms with Crippen LogP contribution in [0.1, 0.15) is 5.89 Å². The number of aromatic nitrogens is 2. The highest BCUT2D eigenvalue weighted by Crippen LogP contribution is 2.29. The monoisotopic (exact) mass is 276 g/mol. The molecule has 8 heteroatoms. The molecule has 0 atom stereocenters. The van der Waals surface area contributed by atoms with Crippen LogP contribution in [0, 0.1) is 0 Å². The van der Waals surface area contributed by atoms with Gasteiger partial charge in [-0.1, -0.05) is 0 Å². The number of carbonyl (C=O) groups is 1. The topological polar surface area (TPSA) is 112 Å². The van der Waals surface area contributed by atoms with Gasteiger partial charge in [-0.2, -0.15) is 4.68 Å². The van der Waals surface area contributed by atoms with Crippen molar-refractivity contribution in [1.29, 1.82) is 0 Å². The van der Waals surface area contributed by atoms with Gasteiger partial charge in [0.2, 0.25) is 5.89 Å². The summed E-state index contributed by atoms with van der Waals surface area (Å²) in [6.07, 6.45) is 0.382. The molecule has 0 spiro atoms. The minimum Gasteiger partial charge on any atom is -0.482 e. The van der Waals surface area contributed by atoms with Crippen LogP contribution in [0.2, 0.25) is 0 Å². The third kappa shape index (κ3) is 2.16. The second kappa shape index (κ2) is 4.82. The summed E-state index contributed by atoms with van der Waals surface area (Å²) in [6, 6.07) is 4.92. The van der Waals surface area contributed by atoms with Crippen molar-refractivity contribution in [3.8, 4) is 11.4 Å². The predicted octanol–water partition coefficient (Wildman–Crippen LogP) is -0.342. The maximum atomic E-state index is 11.7. The Morgan fingerprint density at radius 2 is 2.25 bits per heavy atom. The van der Waals surface area contributed by atoms with Crippen LogP contribution < -0.4 is 21.5 Å². The Morgan fingerprint density at radius 1 is 1.40 bits per heavy atom. The number of benzene rings is 1. The van der Waals surface area contributed by atoms with Crippen LogP contribution in [-0.4, -0.2) is 28.8 Å². The third-order valence-corrected chi connectivity index (χ3v) is 2.79. The van der Waals surface area contributed by atoms with Crippen molar-refractivity contribution in [3.63, 3.8) is 0 Å². The molecule has 1 aliphatic heterocycles. The SMILES string of the molecule is NCCc1nn(-c2ccc3c(c2)NC(=O)CO3)c(=O)o1. The van der Waals surface area contributed by atoms with Gasteiger partial charge in [0, 0.05) is 13.0 Å². The maximum Gasteiger partial charge on any atom is 0.441 e. The third-order valence-electron chi connectivity index (χ3n) is 2.79. The molecular weight excluding hydrogens is 264 g/mol. The zero-order chi connectivity index (χ0) is 14.1. The van der Waals surface area contributed by atoms with Gasteiger partial charge in [0.25, 0.3) is 5.91 Å². The van der Waals surface area contributed by atoms with Crippen LogP contribution in [-0.2, 0) is 11.2 Å². The van der Waals surface area contributed by atoms with Crippen molar-refractivity contribution < 1.29 is 13.9 Å². The van der Waals surface area contributed by atoms with E-state index in [0.717, 1.165) is 4.68 Å². The molecule has 104 valence electrons. The Balaban J connectivity index is 2.00. The van der Waals surface area contributed by atoms with Crippen LogP contribution in [0.4, 0.5) is 5.69 Å². The molecule has 2 aromatic rings. The number of fused-ring (bicyclic) bond motifs is 1. The molecule has 1 amide bonds. The molecule has 0 bridgehead atoms. The van der Waals surface area contributed by atoms with Crippen LogP contribution >= 0.6 is 0 Å². The molecule has 0 radical (unpaired) electrons. The van der Waals surface area contributed by atoms with Gasteiger partial charge < -0.3 is 20.2 Å². The molecule has 3 rings (SSSR count). The first-order valence-electron chi connectivity index (χ1n) is 6.03. The fourth-order valence-electron chi connectivity index (χ4n) is 1.91. The molecule has 0 fully saturated rings. The number of anilines is 1. The van der Waals surface area contributed by atoms with Gasteiger partial charge in [-0.15, -0.1) is 5.10 Å². The first-order valence-corrected chi connectivity index (χ1v) is 6.03. The number of nitrogens with two attached hydrogens (primary N) is 1.